The molecule has 1 aromatic heterocycles. The second-order valence-electron chi connectivity index (χ2n) is 7.82. The number of rotatable bonds is 17. The van der Waals surface area contributed by atoms with Crippen molar-refractivity contribution in [3.05, 3.63) is 18.2 Å². The second-order valence-corrected chi connectivity index (χ2v) is 9.17. The number of guanidine groups is 1. The summed E-state index contributed by atoms with van der Waals surface area (Å²) in [6.45, 7) is 0.304. The van der Waals surface area contributed by atoms with Crippen LogP contribution in [-0.4, -0.2) is 93.2 Å². The Kier molecular flexibility index (Phi) is 14.4. The van der Waals surface area contributed by atoms with Gasteiger partial charge < -0.3 is 43.2 Å². The number of carboxylic acid groups (broad SMARTS) is 1. The SMILES string of the molecule is CSCCC(NC(=O)C(Cc1cnc[nH]1)NC(=O)C(CS)NC(=O)C(N)CCCN=C(N)N)C(=O)O. The number of nitrogens with one attached hydrogen (secondary N) is 4. The third kappa shape index (κ3) is 11.6. The number of nitrogens with zero attached hydrogens (tertiary/aromatic N) is 2. The van der Waals surface area contributed by atoms with Crippen LogP contribution in [0.25, 0.3) is 0 Å². The molecule has 4 atom stereocenters. The number of carboxylic acids is 1. The molecule has 0 aliphatic heterocycles. The van der Waals surface area contributed by atoms with Gasteiger partial charge in [-0.3, -0.25) is 19.4 Å². The molecule has 202 valence electrons. The Morgan fingerprint density at radius 3 is 2.31 bits per heavy atom. The average Bonchev–Trinajstić information content (AvgIpc) is 3.34. The smallest absolute Gasteiger partial charge is 0.326 e. The van der Waals surface area contributed by atoms with Gasteiger partial charge in [0.1, 0.15) is 18.1 Å². The first-order valence-electron chi connectivity index (χ1n) is 11.1. The minimum atomic E-state index is -1.18. The van der Waals surface area contributed by atoms with Gasteiger partial charge in [-0.2, -0.15) is 24.4 Å². The predicted octanol–water partition coefficient (Wildman–Crippen LogP) is -2.44. The van der Waals surface area contributed by atoms with Gasteiger partial charge >= 0.3 is 5.97 Å². The summed E-state index contributed by atoms with van der Waals surface area (Å²) in [7, 11) is 0. The molecule has 0 aromatic carbocycles. The Morgan fingerprint density at radius 1 is 1.11 bits per heavy atom. The zero-order valence-electron chi connectivity index (χ0n) is 20.0. The maximum absolute atomic E-state index is 12.9. The molecule has 0 saturated heterocycles. The van der Waals surface area contributed by atoms with Gasteiger partial charge in [0.15, 0.2) is 5.96 Å². The van der Waals surface area contributed by atoms with E-state index in [0.29, 0.717) is 24.4 Å². The highest BCUT2D eigenvalue weighted by atomic mass is 32.2. The van der Waals surface area contributed by atoms with Crippen molar-refractivity contribution >= 4 is 54.0 Å². The van der Waals surface area contributed by atoms with Gasteiger partial charge in [-0.05, 0) is 31.3 Å². The molecule has 16 heteroatoms. The number of nitrogens with two attached hydrogens (primary N) is 3. The molecular formula is C20H35N9O5S2. The van der Waals surface area contributed by atoms with Crippen LogP contribution in [0.15, 0.2) is 17.5 Å². The fourth-order valence-electron chi connectivity index (χ4n) is 2.99. The number of thioether (sulfide) groups is 1. The molecule has 0 aliphatic carbocycles. The third-order valence-corrected chi connectivity index (χ3v) is 5.97. The lowest BCUT2D eigenvalue weighted by atomic mass is 10.1. The number of amides is 3. The van der Waals surface area contributed by atoms with E-state index in [1.54, 1.807) is 0 Å². The highest BCUT2D eigenvalue weighted by Crippen LogP contribution is 2.05. The van der Waals surface area contributed by atoms with Crippen molar-refractivity contribution in [2.75, 3.05) is 24.3 Å². The normalized spacial score (nSPS) is 14.1. The van der Waals surface area contributed by atoms with E-state index in [2.05, 4.69) is 43.5 Å². The van der Waals surface area contributed by atoms with Crippen LogP contribution >= 0.6 is 24.4 Å². The molecule has 0 spiro atoms. The summed E-state index contributed by atoms with van der Waals surface area (Å²) in [6.07, 6.45) is 5.68. The maximum Gasteiger partial charge on any atom is 0.326 e. The van der Waals surface area contributed by atoms with Crippen LogP contribution in [-0.2, 0) is 25.6 Å². The van der Waals surface area contributed by atoms with Crippen LogP contribution in [0.2, 0.25) is 0 Å². The maximum atomic E-state index is 12.9. The average molecular weight is 546 g/mol. The Bertz CT molecular complexity index is 881. The number of thiol groups is 1. The van der Waals surface area contributed by atoms with Crippen molar-refractivity contribution < 1.29 is 24.3 Å². The largest absolute Gasteiger partial charge is 0.480 e. The topological polar surface area (TPSA) is 244 Å². The molecule has 1 rings (SSSR count). The van der Waals surface area contributed by atoms with Crippen LogP contribution in [0, 0.1) is 0 Å². The summed E-state index contributed by atoms with van der Waals surface area (Å²) in [5.41, 5.74) is 16.9. The summed E-state index contributed by atoms with van der Waals surface area (Å²) in [5, 5.41) is 17.0. The van der Waals surface area contributed by atoms with Crippen molar-refractivity contribution in [3.63, 3.8) is 0 Å². The van der Waals surface area contributed by atoms with Crippen molar-refractivity contribution in [2.45, 2.75) is 49.9 Å². The molecule has 1 aromatic rings. The molecule has 0 aliphatic rings. The number of aromatic amines is 1. The number of H-pyrrole nitrogens is 1. The van der Waals surface area contributed by atoms with Crippen molar-refractivity contribution in [2.24, 2.45) is 22.2 Å². The molecule has 3 amide bonds. The number of aliphatic carboxylic acids is 1. The van der Waals surface area contributed by atoms with Crippen LogP contribution < -0.4 is 33.2 Å². The minimum Gasteiger partial charge on any atom is -0.480 e. The van der Waals surface area contributed by atoms with Gasteiger partial charge in [0.2, 0.25) is 17.7 Å². The van der Waals surface area contributed by atoms with Crippen molar-refractivity contribution in [1.29, 1.82) is 0 Å². The number of aliphatic imine (C=N–C) groups is 1. The van der Waals surface area contributed by atoms with E-state index >= 15 is 0 Å². The zero-order valence-corrected chi connectivity index (χ0v) is 21.7. The van der Waals surface area contributed by atoms with Crippen LogP contribution in [0.1, 0.15) is 25.0 Å². The highest BCUT2D eigenvalue weighted by molar-refractivity contribution is 7.98. The van der Waals surface area contributed by atoms with Crippen LogP contribution in [0.3, 0.4) is 0 Å². The molecule has 0 bridgehead atoms. The Hall–Kier alpha value is -2.98. The minimum absolute atomic E-state index is 0.0178. The fourth-order valence-corrected chi connectivity index (χ4v) is 3.72. The quantitative estimate of drug-likeness (QED) is 0.0433. The first-order valence-corrected chi connectivity index (χ1v) is 13.1. The highest BCUT2D eigenvalue weighted by Gasteiger charge is 2.30. The van der Waals surface area contributed by atoms with Gasteiger partial charge in [-0.15, -0.1) is 0 Å². The Morgan fingerprint density at radius 2 is 1.75 bits per heavy atom. The number of imidazole rings is 1. The van der Waals surface area contributed by atoms with Gasteiger partial charge in [0, 0.05) is 30.6 Å². The number of aromatic nitrogens is 2. The lowest BCUT2D eigenvalue weighted by Gasteiger charge is -2.24. The van der Waals surface area contributed by atoms with Crippen LogP contribution in [0.5, 0.6) is 0 Å². The molecule has 11 N–H and O–H groups in total. The van der Waals surface area contributed by atoms with Gasteiger partial charge in [-0.25, -0.2) is 9.78 Å². The van der Waals surface area contributed by atoms with E-state index in [4.69, 9.17) is 17.2 Å². The fraction of sp³-hybridized carbons (Fsp3) is 0.600. The molecular weight excluding hydrogens is 510 g/mol. The molecule has 0 radical (unpaired) electrons. The third-order valence-electron chi connectivity index (χ3n) is 4.96. The molecule has 1 heterocycles. The standard InChI is InChI=1S/C20H35N9O5S2/c1-36-6-4-13(19(33)34)27-17(31)14(7-11-8-24-10-26-11)28-18(32)15(9-35)29-16(30)12(21)3-2-5-25-20(22)23/h8,10,12-15,35H,2-7,9,21H2,1H3,(H,24,26)(H,27,31)(H,28,32)(H,29,30)(H,33,34)(H4,22,23,25). The molecule has 0 saturated carbocycles. The van der Waals surface area contributed by atoms with Gasteiger partial charge in [-0.1, -0.05) is 0 Å². The van der Waals surface area contributed by atoms with Crippen molar-refractivity contribution in [1.82, 2.24) is 25.9 Å². The number of carbonyl (C=O) groups is 4. The second kappa shape index (κ2) is 16.6. The predicted molar refractivity (Wildman–Crippen MR) is 140 cm³/mol. The monoisotopic (exact) mass is 545 g/mol. The number of carbonyl (C=O) groups excluding carboxylic acids is 3. The molecule has 14 nitrogen and oxygen atoms in total. The first-order chi connectivity index (χ1) is 17.1. The Labute approximate surface area is 218 Å². The van der Waals surface area contributed by atoms with E-state index in [1.165, 1.54) is 24.3 Å². The summed E-state index contributed by atoms with van der Waals surface area (Å²) < 4.78 is 0. The molecule has 4 unspecified atom stereocenters. The zero-order chi connectivity index (χ0) is 27.1. The van der Waals surface area contributed by atoms with Crippen LogP contribution in [0.4, 0.5) is 0 Å². The summed E-state index contributed by atoms with van der Waals surface area (Å²) in [6, 6.07) is -4.26. The summed E-state index contributed by atoms with van der Waals surface area (Å²) in [4.78, 5) is 60.4. The number of hydrogen-bond acceptors (Lipinski definition) is 9. The van der Waals surface area contributed by atoms with Gasteiger partial charge in [0.25, 0.3) is 0 Å². The summed E-state index contributed by atoms with van der Waals surface area (Å²) in [5.74, 6) is -2.73. The molecule has 36 heavy (non-hydrogen) atoms. The van der Waals surface area contributed by atoms with E-state index in [1.807, 2.05) is 6.26 Å². The number of hydrogen-bond donors (Lipinski definition) is 9. The lowest BCUT2D eigenvalue weighted by Crippen LogP contribution is -2.58. The van der Waals surface area contributed by atoms with E-state index in [-0.39, 0.29) is 31.0 Å². The van der Waals surface area contributed by atoms with Gasteiger partial charge in [0.05, 0.1) is 12.4 Å². The van der Waals surface area contributed by atoms with E-state index < -0.39 is 47.9 Å². The van der Waals surface area contributed by atoms with E-state index in [9.17, 15) is 24.3 Å². The van der Waals surface area contributed by atoms with Crippen molar-refractivity contribution in [3.8, 4) is 0 Å². The first kappa shape index (κ1) is 31.1. The van der Waals surface area contributed by atoms with E-state index in [0.717, 1.165) is 0 Å². The Balaban J connectivity index is 2.84. The summed E-state index contributed by atoms with van der Waals surface area (Å²) >= 11 is 5.58. The lowest BCUT2D eigenvalue weighted by molar-refractivity contribution is -0.142. The molecule has 0 fully saturated rings.